The monoisotopic (exact) mass is 498 g/mol. The number of rotatable bonds is 5. The molecular formula is C28H19ClN2O3S. The number of para-hydroxylation sites is 1. The van der Waals surface area contributed by atoms with Crippen LogP contribution in [0.5, 0.6) is 5.75 Å². The molecule has 0 bridgehead atoms. The molecular weight excluding hydrogens is 480 g/mol. The molecule has 1 heterocycles. The van der Waals surface area contributed by atoms with E-state index in [0.717, 1.165) is 16.3 Å². The average Bonchev–Trinajstić information content (AvgIpc) is 2.86. The quantitative estimate of drug-likeness (QED) is 0.211. The Morgan fingerprint density at radius 1 is 0.914 bits per heavy atom. The maximum atomic E-state index is 13.5. The van der Waals surface area contributed by atoms with Crippen molar-refractivity contribution in [2.45, 2.75) is 6.61 Å². The Morgan fingerprint density at radius 3 is 2.49 bits per heavy atom. The molecule has 1 aliphatic rings. The van der Waals surface area contributed by atoms with E-state index >= 15 is 0 Å². The highest BCUT2D eigenvalue weighted by Gasteiger charge is 2.34. The molecule has 4 aromatic rings. The Balaban J connectivity index is 1.58. The summed E-state index contributed by atoms with van der Waals surface area (Å²) in [7, 11) is 0. The predicted octanol–water partition coefficient (Wildman–Crippen LogP) is 5.90. The van der Waals surface area contributed by atoms with E-state index in [1.165, 1.54) is 4.90 Å². The fourth-order valence-corrected chi connectivity index (χ4v) is 4.45. The summed E-state index contributed by atoms with van der Waals surface area (Å²) in [5, 5.41) is 5.10. The molecule has 4 aromatic carbocycles. The second kappa shape index (κ2) is 9.70. The van der Waals surface area contributed by atoms with Crippen molar-refractivity contribution in [3.8, 4) is 5.75 Å². The number of anilines is 1. The number of amides is 2. The summed E-state index contributed by atoms with van der Waals surface area (Å²) < 4.78 is 6.15. The lowest BCUT2D eigenvalue weighted by Crippen LogP contribution is -2.54. The minimum Gasteiger partial charge on any atom is -0.488 e. The molecule has 0 spiro atoms. The second-order valence-corrected chi connectivity index (χ2v) is 8.73. The SMILES string of the molecule is O=C1NC(=S)N(c2ccccc2)C(=O)/C1=C\c1c(OCc2cccc(Cl)c2)ccc2ccccc12. The number of carbonyl (C=O) groups excluding carboxylic acids is 2. The van der Waals surface area contributed by atoms with Gasteiger partial charge in [0.05, 0.1) is 5.69 Å². The van der Waals surface area contributed by atoms with E-state index in [2.05, 4.69) is 5.32 Å². The van der Waals surface area contributed by atoms with Gasteiger partial charge in [-0.25, -0.2) is 0 Å². The van der Waals surface area contributed by atoms with Gasteiger partial charge in [0.1, 0.15) is 17.9 Å². The van der Waals surface area contributed by atoms with Crippen molar-refractivity contribution in [1.29, 1.82) is 0 Å². The molecule has 0 aliphatic carbocycles. The number of hydrogen-bond acceptors (Lipinski definition) is 4. The van der Waals surface area contributed by atoms with Crippen molar-refractivity contribution < 1.29 is 14.3 Å². The van der Waals surface area contributed by atoms with Gasteiger partial charge in [0.15, 0.2) is 5.11 Å². The summed E-state index contributed by atoms with van der Waals surface area (Å²) in [6, 6.07) is 27.9. The minimum absolute atomic E-state index is 0.0357. The summed E-state index contributed by atoms with van der Waals surface area (Å²) in [6.45, 7) is 0.273. The first kappa shape index (κ1) is 22.8. The van der Waals surface area contributed by atoms with Crippen LogP contribution in [0.4, 0.5) is 5.69 Å². The van der Waals surface area contributed by atoms with Gasteiger partial charge in [-0.15, -0.1) is 0 Å². The van der Waals surface area contributed by atoms with Crippen LogP contribution >= 0.6 is 23.8 Å². The van der Waals surface area contributed by atoms with Crippen LogP contribution in [0.1, 0.15) is 11.1 Å². The summed E-state index contributed by atoms with van der Waals surface area (Å²) >= 11 is 11.4. The zero-order valence-corrected chi connectivity index (χ0v) is 20.0. The summed E-state index contributed by atoms with van der Waals surface area (Å²) in [5.74, 6) is -0.518. The van der Waals surface area contributed by atoms with Crippen molar-refractivity contribution in [3.63, 3.8) is 0 Å². The highest BCUT2D eigenvalue weighted by molar-refractivity contribution is 7.80. The van der Waals surface area contributed by atoms with E-state index in [0.29, 0.717) is 22.0 Å². The van der Waals surface area contributed by atoms with Crippen LogP contribution in [0.3, 0.4) is 0 Å². The topological polar surface area (TPSA) is 58.6 Å². The number of carbonyl (C=O) groups is 2. The number of hydrogen-bond donors (Lipinski definition) is 1. The molecule has 0 atom stereocenters. The number of nitrogens with zero attached hydrogens (tertiary/aromatic N) is 1. The molecule has 1 fully saturated rings. The molecule has 5 rings (SSSR count). The lowest BCUT2D eigenvalue weighted by molar-refractivity contribution is -0.122. The van der Waals surface area contributed by atoms with Crippen molar-refractivity contribution in [2.24, 2.45) is 0 Å². The van der Waals surface area contributed by atoms with Crippen molar-refractivity contribution in [2.75, 3.05) is 4.90 Å². The largest absolute Gasteiger partial charge is 0.488 e. The average molecular weight is 499 g/mol. The highest BCUT2D eigenvalue weighted by atomic mass is 35.5. The van der Waals surface area contributed by atoms with Crippen LogP contribution in [0, 0.1) is 0 Å². The highest BCUT2D eigenvalue weighted by Crippen LogP contribution is 2.32. The number of benzene rings is 4. The third-order valence-electron chi connectivity index (χ3n) is 5.62. The maximum absolute atomic E-state index is 13.5. The fraction of sp³-hybridized carbons (Fsp3) is 0.0357. The van der Waals surface area contributed by atoms with Crippen molar-refractivity contribution in [3.05, 3.63) is 113 Å². The van der Waals surface area contributed by atoms with Gasteiger partial charge in [-0.2, -0.15) is 0 Å². The minimum atomic E-state index is -0.555. The molecule has 1 aliphatic heterocycles. The van der Waals surface area contributed by atoms with Gasteiger partial charge < -0.3 is 4.74 Å². The predicted molar refractivity (Wildman–Crippen MR) is 142 cm³/mol. The number of fused-ring (bicyclic) bond motifs is 1. The first-order valence-electron chi connectivity index (χ1n) is 10.9. The lowest BCUT2D eigenvalue weighted by atomic mass is 9.99. The molecule has 0 aromatic heterocycles. The van der Waals surface area contributed by atoms with Gasteiger partial charge in [0.25, 0.3) is 11.8 Å². The Kier molecular flexibility index (Phi) is 6.31. The summed E-state index contributed by atoms with van der Waals surface area (Å²) in [6.07, 6.45) is 1.57. The van der Waals surface area contributed by atoms with Gasteiger partial charge >= 0.3 is 0 Å². The molecule has 1 N–H and O–H groups in total. The second-order valence-electron chi connectivity index (χ2n) is 7.91. The van der Waals surface area contributed by atoms with Gasteiger partial charge in [-0.3, -0.25) is 19.8 Å². The molecule has 0 radical (unpaired) electrons. The summed E-state index contributed by atoms with van der Waals surface area (Å²) in [5.41, 5.74) is 2.07. The molecule has 172 valence electrons. The van der Waals surface area contributed by atoms with E-state index in [1.807, 2.05) is 60.7 Å². The van der Waals surface area contributed by atoms with Gasteiger partial charge in [0.2, 0.25) is 0 Å². The Labute approximate surface area is 212 Å². The van der Waals surface area contributed by atoms with Gasteiger partial charge in [0, 0.05) is 10.6 Å². The van der Waals surface area contributed by atoms with Crippen LogP contribution in [-0.4, -0.2) is 16.9 Å². The third kappa shape index (κ3) is 4.67. The number of ether oxygens (including phenoxy) is 1. The van der Waals surface area contributed by atoms with E-state index in [4.69, 9.17) is 28.6 Å². The number of halogens is 1. The van der Waals surface area contributed by atoms with Crippen LogP contribution in [0.2, 0.25) is 5.02 Å². The van der Waals surface area contributed by atoms with Gasteiger partial charge in [-0.05, 0) is 65.0 Å². The number of thiocarbonyl (C=S) groups is 1. The van der Waals surface area contributed by atoms with E-state index in [-0.39, 0.29) is 17.3 Å². The number of nitrogens with one attached hydrogen (secondary N) is 1. The zero-order valence-electron chi connectivity index (χ0n) is 18.4. The van der Waals surface area contributed by atoms with Crippen LogP contribution in [0.25, 0.3) is 16.8 Å². The normalized spacial score (nSPS) is 14.9. The standard InChI is InChI=1S/C28H19ClN2O3S/c29-20-9-6-7-18(15-20)17-34-25-14-13-19-8-4-5-12-22(19)23(25)16-24-26(32)30-28(35)31(27(24)33)21-10-2-1-3-11-21/h1-16H,17H2,(H,30,32,35)/b24-16-. The van der Waals surface area contributed by atoms with Crippen LogP contribution in [-0.2, 0) is 16.2 Å². The molecule has 35 heavy (non-hydrogen) atoms. The van der Waals surface area contributed by atoms with Crippen molar-refractivity contribution >= 4 is 63.3 Å². The van der Waals surface area contributed by atoms with E-state index in [9.17, 15) is 9.59 Å². The molecule has 2 amide bonds. The molecule has 0 saturated carbocycles. The first-order valence-corrected chi connectivity index (χ1v) is 11.7. The molecule has 5 nitrogen and oxygen atoms in total. The molecule has 1 saturated heterocycles. The summed E-state index contributed by atoms with van der Waals surface area (Å²) in [4.78, 5) is 27.7. The van der Waals surface area contributed by atoms with Gasteiger partial charge in [-0.1, -0.05) is 72.3 Å². The smallest absolute Gasteiger partial charge is 0.270 e. The van der Waals surface area contributed by atoms with E-state index in [1.54, 1.807) is 36.4 Å². The lowest BCUT2D eigenvalue weighted by Gasteiger charge is -2.29. The molecule has 7 heteroatoms. The zero-order chi connectivity index (χ0) is 24.4. The van der Waals surface area contributed by atoms with Crippen LogP contribution in [0.15, 0.2) is 96.6 Å². The third-order valence-corrected chi connectivity index (χ3v) is 6.14. The first-order chi connectivity index (χ1) is 17.0. The Bertz CT molecular complexity index is 1500. The molecule has 0 unspecified atom stereocenters. The Hall–Kier alpha value is -4.00. The Morgan fingerprint density at radius 2 is 1.69 bits per heavy atom. The maximum Gasteiger partial charge on any atom is 0.270 e. The van der Waals surface area contributed by atoms with E-state index < -0.39 is 11.8 Å². The fourth-order valence-electron chi connectivity index (χ4n) is 3.95. The van der Waals surface area contributed by atoms with Crippen molar-refractivity contribution in [1.82, 2.24) is 5.32 Å². The van der Waals surface area contributed by atoms with Crippen LogP contribution < -0.4 is 15.0 Å².